The third kappa shape index (κ3) is 3.16. The van der Waals surface area contributed by atoms with Gasteiger partial charge in [-0.15, -0.1) is 0 Å². The van der Waals surface area contributed by atoms with Crippen LogP contribution in [0.1, 0.15) is 19.4 Å². The SMILES string of the molecule is CC1CN(S(=O)(=O)c2cc(CN)ccc2F)CC(C)S1. The summed E-state index contributed by atoms with van der Waals surface area (Å²) in [6.45, 7) is 4.96. The van der Waals surface area contributed by atoms with Crippen LogP contribution in [-0.2, 0) is 16.6 Å². The molecule has 2 unspecified atom stereocenters. The highest BCUT2D eigenvalue weighted by molar-refractivity contribution is 8.00. The van der Waals surface area contributed by atoms with Crippen LogP contribution in [0.4, 0.5) is 4.39 Å². The van der Waals surface area contributed by atoms with E-state index in [4.69, 9.17) is 5.73 Å². The van der Waals surface area contributed by atoms with E-state index >= 15 is 0 Å². The maximum atomic E-state index is 13.9. The molecule has 0 aliphatic carbocycles. The van der Waals surface area contributed by atoms with Gasteiger partial charge in [-0.3, -0.25) is 0 Å². The molecule has 1 heterocycles. The van der Waals surface area contributed by atoms with Gasteiger partial charge in [-0.05, 0) is 17.7 Å². The smallest absolute Gasteiger partial charge is 0.246 e. The molecule has 1 aliphatic heterocycles. The first kappa shape index (κ1) is 15.8. The van der Waals surface area contributed by atoms with Gasteiger partial charge in [0, 0.05) is 30.1 Å². The number of nitrogens with zero attached hydrogens (tertiary/aromatic N) is 1. The Morgan fingerprint density at radius 3 is 2.50 bits per heavy atom. The van der Waals surface area contributed by atoms with Crippen LogP contribution in [0.5, 0.6) is 0 Å². The fourth-order valence-corrected chi connectivity index (χ4v) is 5.59. The predicted octanol–water partition coefficient (Wildman–Crippen LogP) is 1.80. The average Bonchev–Trinajstić information content (AvgIpc) is 2.38. The second-order valence-corrected chi connectivity index (χ2v) is 8.84. The summed E-state index contributed by atoms with van der Waals surface area (Å²) in [6.07, 6.45) is 0. The van der Waals surface area contributed by atoms with Gasteiger partial charge in [0.1, 0.15) is 10.7 Å². The standard InChI is InChI=1S/C13H19FN2O2S2/c1-9-7-16(8-10(2)19-9)20(17,18)13-5-11(6-15)3-4-12(13)14/h3-5,9-10H,6-8,15H2,1-2H3. The Balaban J connectivity index is 2.39. The fourth-order valence-electron chi connectivity index (χ4n) is 2.34. The second-order valence-electron chi connectivity index (χ2n) is 5.05. The van der Waals surface area contributed by atoms with E-state index in [2.05, 4.69) is 0 Å². The van der Waals surface area contributed by atoms with E-state index in [1.165, 1.54) is 22.5 Å². The lowest BCUT2D eigenvalue weighted by Gasteiger charge is -2.33. The monoisotopic (exact) mass is 318 g/mol. The van der Waals surface area contributed by atoms with E-state index in [0.717, 1.165) is 0 Å². The Morgan fingerprint density at radius 1 is 1.35 bits per heavy atom. The molecule has 1 aromatic carbocycles. The highest BCUT2D eigenvalue weighted by atomic mass is 32.2. The number of benzene rings is 1. The molecule has 0 radical (unpaired) electrons. The molecule has 4 nitrogen and oxygen atoms in total. The van der Waals surface area contributed by atoms with Gasteiger partial charge >= 0.3 is 0 Å². The number of hydrogen-bond donors (Lipinski definition) is 1. The molecule has 20 heavy (non-hydrogen) atoms. The molecular weight excluding hydrogens is 299 g/mol. The topological polar surface area (TPSA) is 63.4 Å². The van der Waals surface area contributed by atoms with Crippen molar-refractivity contribution in [2.75, 3.05) is 13.1 Å². The van der Waals surface area contributed by atoms with Crippen molar-refractivity contribution in [2.24, 2.45) is 5.73 Å². The van der Waals surface area contributed by atoms with Crippen LogP contribution in [0.25, 0.3) is 0 Å². The van der Waals surface area contributed by atoms with Crippen LogP contribution in [0.3, 0.4) is 0 Å². The third-order valence-electron chi connectivity index (χ3n) is 3.24. The molecule has 1 aromatic rings. The number of hydrogen-bond acceptors (Lipinski definition) is 4. The first-order valence-electron chi connectivity index (χ1n) is 6.48. The van der Waals surface area contributed by atoms with Gasteiger partial charge in [-0.25, -0.2) is 12.8 Å². The molecule has 2 rings (SSSR count). The van der Waals surface area contributed by atoms with Crippen molar-refractivity contribution < 1.29 is 12.8 Å². The summed E-state index contributed by atoms with van der Waals surface area (Å²) < 4.78 is 40.5. The Morgan fingerprint density at radius 2 is 1.95 bits per heavy atom. The summed E-state index contributed by atoms with van der Waals surface area (Å²) in [7, 11) is -3.80. The largest absolute Gasteiger partial charge is 0.326 e. The van der Waals surface area contributed by atoms with Crippen LogP contribution in [-0.4, -0.2) is 36.3 Å². The lowest BCUT2D eigenvalue weighted by Crippen LogP contribution is -2.44. The normalized spacial score (nSPS) is 24.8. The average molecular weight is 318 g/mol. The van der Waals surface area contributed by atoms with Gasteiger partial charge in [0.15, 0.2) is 0 Å². The van der Waals surface area contributed by atoms with Gasteiger partial charge < -0.3 is 5.73 Å². The van der Waals surface area contributed by atoms with Crippen LogP contribution >= 0.6 is 11.8 Å². The minimum Gasteiger partial charge on any atom is -0.326 e. The van der Waals surface area contributed by atoms with Crippen molar-refractivity contribution in [3.05, 3.63) is 29.6 Å². The third-order valence-corrected chi connectivity index (χ3v) is 6.31. The predicted molar refractivity (Wildman–Crippen MR) is 79.6 cm³/mol. The Hall–Kier alpha value is -0.630. The maximum absolute atomic E-state index is 13.9. The van der Waals surface area contributed by atoms with E-state index in [0.29, 0.717) is 18.7 Å². The van der Waals surface area contributed by atoms with Gasteiger partial charge in [0.2, 0.25) is 10.0 Å². The van der Waals surface area contributed by atoms with Crippen LogP contribution in [0.15, 0.2) is 23.1 Å². The number of thioether (sulfide) groups is 1. The van der Waals surface area contributed by atoms with Crippen LogP contribution < -0.4 is 5.73 Å². The molecule has 0 saturated carbocycles. The minimum atomic E-state index is -3.80. The molecule has 1 fully saturated rings. The summed E-state index contributed by atoms with van der Waals surface area (Å²) in [5, 5.41) is 0.406. The maximum Gasteiger partial charge on any atom is 0.246 e. The first-order chi connectivity index (χ1) is 9.34. The van der Waals surface area contributed by atoms with E-state index in [9.17, 15) is 12.8 Å². The number of halogens is 1. The van der Waals surface area contributed by atoms with Gasteiger partial charge in [0.05, 0.1) is 0 Å². The quantitative estimate of drug-likeness (QED) is 0.923. The van der Waals surface area contributed by atoms with E-state index in [1.54, 1.807) is 11.8 Å². The van der Waals surface area contributed by atoms with Gasteiger partial charge in [-0.1, -0.05) is 19.9 Å². The molecule has 7 heteroatoms. The lowest BCUT2D eigenvalue weighted by molar-refractivity contribution is 0.401. The minimum absolute atomic E-state index is 0.186. The summed E-state index contributed by atoms with van der Waals surface area (Å²) in [6, 6.07) is 4.01. The van der Waals surface area contributed by atoms with E-state index < -0.39 is 15.8 Å². The van der Waals surface area contributed by atoms with Gasteiger partial charge in [-0.2, -0.15) is 16.1 Å². The molecule has 1 aliphatic rings. The Bertz CT molecular complexity index is 582. The molecule has 2 N–H and O–H groups in total. The van der Waals surface area contributed by atoms with E-state index in [1.807, 2.05) is 13.8 Å². The van der Waals surface area contributed by atoms with Crippen molar-refractivity contribution in [3.63, 3.8) is 0 Å². The van der Waals surface area contributed by atoms with Crippen molar-refractivity contribution in [3.8, 4) is 0 Å². The fraction of sp³-hybridized carbons (Fsp3) is 0.538. The highest BCUT2D eigenvalue weighted by Gasteiger charge is 2.33. The Labute approximate surface area is 123 Å². The molecule has 112 valence electrons. The Kier molecular flexibility index (Phi) is 4.73. The zero-order valence-corrected chi connectivity index (χ0v) is 13.2. The summed E-state index contributed by atoms with van der Waals surface area (Å²) in [5.41, 5.74) is 6.11. The number of rotatable bonds is 3. The number of sulfonamides is 1. The van der Waals surface area contributed by atoms with Crippen molar-refractivity contribution in [1.29, 1.82) is 0 Å². The van der Waals surface area contributed by atoms with Crippen molar-refractivity contribution in [1.82, 2.24) is 4.31 Å². The molecule has 1 saturated heterocycles. The molecule has 0 bridgehead atoms. The van der Waals surface area contributed by atoms with Crippen LogP contribution in [0.2, 0.25) is 0 Å². The highest BCUT2D eigenvalue weighted by Crippen LogP contribution is 2.30. The molecule has 0 amide bonds. The molecule has 0 aromatic heterocycles. The van der Waals surface area contributed by atoms with Crippen LogP contribution in [0, 0.1) is 5.82 Å². The summed E-state index contributed by atoms with van der Waals surface area (Å²) >= 11 is 1.75. The first-order valence-corrected chi connectivity index (χ1v) is 8.87. The van der Waals surface area contributed by atoms with Crippen molar-refractivity contribution >= 4 is 21.8 Å². The van der Waals surface area contributed by atoms with E-state index in [-0.39, 0.29) is 21.9 Å². The molecule has 2 atom stereocenters. The lowest BCUT2D eigenvalue weighted by atomic mass is 10.2. The zero-order chi connectivity index (χ0) is 14.9. The second kappa shape index (κ2) is 6.01. The summed E-state index contributed by atoms with van der Waals surface area (Å²) in [5.74, 6) is -0.722. The summed E-state index contributed by atoms with van der Waals surface area (Å²) in [4.78, 5) is -0.272. The molecular formula is C13H19FN2O2S2. The van der Waals surface area contributed by atoms with Crippen molar-refractivity contribution in [2.45, 2.75) is 35.8 Å². The number of nitrogens with two attached hydrogens (primary N) is 1. The molecule has 0 spiro atoms. The van der Waals surface area contributed by atoms with Gasteiger partial charge in [0.25, 0.3) is 0 Å². The zero-order valence-electron chi connectivity index (χ0n) is 11.5.